The Balaban J connectivity index is 1.29. The van der Waals surface area contributed by atoms with Gasteiger partial charge in [0.25, 0.3) is 0 Å². The number of ether oxygens (including phenoxy) is 2. The van der Waals surface area contributed by atoms with Gasteiger partial charge in [0.2, 0.25) is 0 Å². The predicted molar refractivity (Wildman–Crippen MR) is 127 cm³/mol. The minimum Gasteiger partial charge on any atom is -0.494 e. The third kappa shape index (κ3) is 4.46. The summed E-state index contributed by atoms with van der Waals surface area (Å²) in [6.07, 6.45) is 14.1. The number of rotatable bonds is 7. The first kappa shape index (κ1) is 20.5. The molecule has 0 radical (unpaired) electrons. The second-order valence-electron chi connectivity index (χ2n) is 9.37. The van der Waals surface area contributed by atoms with Gasteiger partial charge in [-0.05, 0) is 73.1 Å². The number of hydrogen-bond acceptors (Lipinski definition) is 3. The second-order valence-corrected chi connectivity index (χ2v) is 9.37. The van der Waals surface area contributed by atoms with Crippen molar-refractivity contribution in [2.75, 3.05) is 18.5 Å². The maximum atomic E-state index is 6.21. The Morgan fingerprint density at radius 2 is 1.74 bits per heavy atom. The predicted octanol–water partition coefficient (Wildman–Crippen LogP) is 7.26. The third-order valence-corrected chi connectivity index (χ3v) is 7.40. The van der Waals surface area contributed by atoms with Crippen LogP contribution in [-0.2, 0) is 0 Å². The second kappa shape index (κ2) is 9.38. The van der Waals surface area contributed by atoms with E-state index in [4.69, 9.17) is 9.47 Å². The number of fused-ring (bicyclic) bond motifs is 3. The maximum absolute atomic E-state index is 6.21. The van der Waals surface area contributed by atoms with Gasteiger partial charge in [-0.3, -0.25) is 0 Å². The Kier molecular flexibility index (Phi) is 6.20. The standard InChI is InChI=1S/C28H35NO2/c1-2-30-22-13-11-21(12-14-22)28-25-10-6-9-24(25)26-19-23(15-16-27(26)29-28)31-18-17-20-7-4-3-5-8-20/h6,9,11-16,19-20,24-25,28-29H,2-5,7-8,10,17-18H2,1H3. The summed E-state index contributed by atoms with van der Waals surface area (Å²) >= 11 is 0. The van der Waals surface area contributed by atoms with Crippen LogP contribution in [0.1, 0.15) is 75.0 Å². The highest BCUT2D eigenvalue weighted by atomic mass is 16.5. The molecule has 0 saturated heterocycles. The molecule has 5 rings (SSSR count). The van der Waals surface area contributed by atoms with Gasteiger partial charge in [-0.1, -0.05) is 56.4 Å². The summed E-state index contributed by atoms with van der Waals surface area (Å²) in [7, 11) is 0. The van der Waals surface area contributed by atoms with Crippen LogP contribution in [0.2, 0.25) is 0 Å². The van der Waals surface area contributed by atoms with Crippen molar-refractivity contribution in [2.24, 2.45) is 11.8 Å². The Morgan fingerprint density at radius 1 is 0.935 bits per heavy atom. The topological polar surface area (TPSA) is 30.5 Å². The lowest BCUT2D eigenvalue weighted by Gasteiger charge is -2.37. The molecule has 1 saturated carbocycles. The van der Waals surface area contributed by atoms with Crippen LogP contribution in [0.5, 0.6) is 11.5 Å². The molecule has 0 spiro atoms. The zero-order valence-corrected chi connectivity index (χ0v) is 18.7. The molecule has 0 bridgehead atoms. The van der Waals surface area contributed by atoms with Crippen molar-refractivity contribution in [3.63, 3.8) is 0 Å². The summed E-state index contributed by atoms with van der Waals surface area (Å²) < 4.78 is 11.8. The normalized spacial score (nSPS) is 24.9. The first-order valence-electron chi connectivity index (χ1n) is 12.2. The lowest BCUT2D eigenvalue weighted by molar-refractivity contribution is 0.246. The van der Waals surface area contributed by atoms with E-state index in [1.54, 1.807) is 0 Å². The van der Waals surface area contributed by atoms with E-state index in [0.717, 1.165) is 30.4 Å². The highest BCUT2D eigenvalue weighted by molar-refractivity contribution is 5.61. The summed E-state index contributed by atoms with van der Waals surface area (Å²) in [6, 6.07) is 15.6. The fourth-order valence-electron chi connectivity index (χ4n) is 5.75. The number of benzene rings is 2. The van der Waals surface area contributed by atoms with E-state index >= 15 is 0 Å². The average Bonchev–Trinajstić information content (AvgIpc) is 3.31. The molecule has 0 amide bonds. The van der Waals surface area contributed by atoms with Gasteiger partial charge >= 0.3 is 0 Å². The lowest BCUT2D eigenvalue weighted by Crippen LogP contribution is -2.29. The lowest BCUT2D eigenvalue weighted by atomic mass is 9.77. The molecule has 0 aromatic heterocycles. The molecule has 2 aromatic carbocycles. The smallest absolute Gasteiger partial charge is 0.119 e. The fourth-order valence-corrected chi connectivity index (χ4v) is 5.75. The van der Waals surface area contributed by atoms with E-state index in [-0.39, 0.29) is 0 Å². The van der Waals surface area contributed by atoms with Gasteiger partial charge in [-0.15, -0.1) is 0 Å². The van der Waals surface area contributed by atoms with Crippen LogP contribution in [0.15, 0.2) is 54.6 Å². The van der Waals surface area contributed by atoms with Crippen LogP contribution >= 0.6 is 0 Å². The first-order valence-corrected chi connectivity index (χ1v) is 12.2. The molecule has 1 aliphatic heterocycles. The molecule has 164 valence electrons. The molecular formula is C28H35NO2. The first-order chi connectivity index (χ1) is 15.3. The Hall–Kier alpha value is -2.42. The van der Waals surface area contributed by atoms with Crippen LogP contribution in [0, 0.1) is 11.8 Å². The highest BCUT2D eigenvalue weighted by Crippen LogP contribution is 2.50. The quantitative estimate of drug-likeness (QED) is 0.481. The maximum Gasteiger partial charge on any atom is 0.119 e. The molecule has 31 heavy (non-hydrogen) atoms. The van der Waals surface area contributed by atoms with Crippen molar-refractivity contribution in [3.05, 3.63) is 65.7 Å². The minimum absolute atomic E-state index is 0.321. The largest absolute Gasteiger partial charge is 0.494 e. The molecule has 1 fully saturated rings. The van der Waals surface area contributed by atoms with Crippen LogP contribution in [0.4, 0.5) is 5.69 Å². The Morgan fingerprint density at radius 3 is 2.55 bits per heavy atom. The van der Waals surface area contributed by atoms with Crippen molar-refractivity contribution in [1.29, 1.82) is 0 Å². The van der Waals surface area contributed by atoms with Gasteiger partial charge in [0.1, 0.15) is 11.5 Å². The van der Waals surface area contributed by atoms with Gasteiger partial charge in [-0.2, -0.15) is 0 Å². The van der Waals surface area contributed by atoms with Crippen LogP contribution < -0.4 is 14.8 Å². The number of hydrogen-bond donors (Lipinski definition) is 1. The zero-order chi connectivity index (χ0) is 21.0. The van der Waals surface area contributed by atoms with E-state index in [1.807, 2.05) is 6.92 Å². The van der Waals surface area contributed by atoms with Gasteiger partial charge in [0.15, 0.2) is 0 Å². The summed E-state index contributed by atoms with van der Waals surface area (Å²) in [5.74, 6) is 3.83. The van der Waals surface area contributed by atoms with Crippen molar-refractivity contribution < 1.29 is 9.47 Å². The molecule has 1 N–H and O–H groups in total. The van der Waals surface area contributed by atoms with Gasteiger partial charge in [0.05, 0.1) is 19.3 Å². The molecular weight excluding hydrogens is 382 g/mol. The molecule has 3 nitrogen and oxygen atoms in total. The summed E-state index contributed by atoms with van der Waals surface area (Å²) in [5.41, 5.74) is 3.96. The van der Waals surface area contributed by atoms with Crippen molar-refractivity contribution in [2.45, 2.75) is 63.8 Å². The van der Waals surface area contributed by atoms with E-state index in [1.165, 1.54) is 55.3 Å². The molecule has 3 heteroatoms. The van der Waals surface area contributed by atoms with Crippen LogP contribution in [0.25, 0.3) is 0 Å². The molecule has 3 unspecified atom stereocenters. The molecule has 3 atom stereocenters. The summed E-state index contributed by atoms with van der Waals surface area (Å²) in [4.78, 5) is 0. The monoisotopic (exact) mass is 417 g/mol. The number of allylic oxidation sites excluding steroid dienone is 2. The van der Waals surface area contributed by atoms with E-state index in [2.05, 4.69) is 59.9 Å². The van der Waals surface area contributed by atoms with Gasteiger partial charge < -0.3 is 14.8 Å². The molecule has 2 aliphatic carbocycles. The average molecular weight is 418 g/mol. The fraction of sp³-hybridized carbons (Fsp3) is 0.500. The van der Waals surface area contributed by atoms with E-state index < -0.39 is 0 Å². The van der Waals surface area contributed by atoms with Crippen molar-refractivity contribution >= 4 is 5.69 Å². The van der Waals surface area contributed by atoms with Crippen molar-refractivity contribution in [3.8, 4) is 11.5 Å². The van der Waals surface area contributed by atoms with Gasteiger partial charge in [-0.25, -0.2) is 0 Å². The van der Waals surface area contributed by atoms with Gasteiger partial charge in [0, 0.05) is 11.6 Å². The Bertz CT molecular complexity index is 898. The highest BCUT2D eigenvalue weighted by Gasteiger charge is 2.38. The Labute approximate surface area is 186 Å². The number of nitrogens with one attached hydrogen (secondary N) is 1. The number of anilines is 1. The van der Waals surface area contributed by atoms with Crippen LogP contribution in [0.3, 0.4) is 0 Å². The summed E-state index contributed by atoms with van der Waals surface area (Å²) in [6.45, 7) is 3.57. The third-order valence-electron chi connectivity index (χ3n) is 7.40. The van der Waals surface area contributed by atoms with Crippen LogP contribution in [-0.4, -0.2) is 13.2 Å². The summed E-state index contributed by atoms with van der Waals surface area (Å²) in [5, 5.41) is 3.83. The van der Waals surface area contributed by atoms with Crippen molar-refractivity contribution in [1.82, 2.24) is 0 Å². The minimum atomic E-state index is 0.321. The zero-order valence-electron chi connectivity index (χ0n) is 18.7. The van der Waals surface area contributed by atoms with E-state index in [9.17, 15) is 0 Å². The molecule has 3 aliphatic rings. The van der Waals surface area contributed by atoms with E-state index in [0.29, 0.717) is 24.5 Å². The molecule has 1 heterocycles. The SMILES string of the molecule is CCOc1ccc(C2Nc3ccc(OCCC4CCCCC4)cc3C3C=CCC32)cc1. The molecule has 2 aromatic rings.